The molecule has 0 aromatic heterocycles. The first kappa shape index (κ1) is 20.0. The summed E-state index contributed by atoms with van der Waals surface area (Å²) in [4.78, 5) is 15.9. The molecule has 3 nitrogen and oxygen atoms in total. The molecule has 0 bridgehead atoms. The van der Waals surface area contributed by atoms with Gasteiger partial charge >= 0.3 is 0 Å². The Hall–Kier alpha value is -2.70. The third kappa shape index (κ3) is 3.66. The third-order valence-electron chi connectivity index (χ3n) is 5.62. The minimum absolute atomic E-state index is 0.0355. The van der Waals surface area contributed by atoms with E-state index in [0.717, 1.165) is 17.5 Å². The quantitative estimate of drug-likeness (QED) is 0.618. The van der Waals surface area contributed by atoms with Crippen molar-refractivity contribution in [2.45, 2.75) is 45.3 Å². The van der Waals surface area contributed by atoms with Crippen LogP contribution in [0.25, 0.3) is 0 Å². The van der Waals surface area contributed by atoms with Crippen molar-refractivity contribution in [1.82, 2.24) is 4.90 Å². The van der Waals surface area contributed by atoms with Crippen LogP contribution in [0.2, 0.25) is 0 Å². The fraction of sp³-hybridized carbons (Fsp3) is 0.360. The maximum absolute atomic E-state index is 13.7. The predicted octanol–water partition coefficient (Wildman–Crippen LogP) is 5.31. The number of hydrogen-bond acceptors (Lipinski definition) is 3. The highest BCUT2D eigenvalue weighted by atomic mass is 16.1. The lowest BCUT2D eigenvalue weighted by atomic mass is 9.74. The smallest absolute Gasteiger partial charge is 0.172 e. The maximum atomic E-state index is 13.7. The molecule has 2 aromatic rings. The fourth-order valence-electron chi connectivity index (χ4n) is 4.44. The summed E-state index contributed by atoms with van der Waals surface area (Å²) in [6, 6.07) is 22.1. The molecule has 0 spiro atoms. The molecule has 0 N–H and O–H groups in total. The van der Waals surface area contributed by atoms with Gasteiger partial charge in [-0.05, 0) is 29.9 Å². The van der Waals surface area contributed by atoms with E-state index >= 15 is 0 Å². The van der Waals surface area contributed by atoms with E-state index in [1.54, 1.807) is 6.08 Å². The molecule has 1 saturated heterocycles. The molecule has 0 saturated carbocycles. The number of ketones is 1. The monoisotopic (exact) mass is 372 g/mol. The van der Waals surface area contributed by atoms with Crippen molar-refractivity contribution in [3.63, 3.8) is 0 Å². The van der Waals surface area contributed by atoms with E-state index in [4.69, 9.17) is 0 Å². The van der Waals surface area contributed by atoms with E-state index in [2.05, 4.69) is 43.5 Å². The Kier molecular flexibility index (Phi) is 6.11. The summed E-state index contributed by atoms with van der Waals surface area (Å²) >= 11 is 0. The van der Waals surface area contributed by atoms with Crippen LogP contribution in [0.4, 0.5) is 0 Å². The zero-order valence-electron chi connectivity index (χ0n) is 16.7. The second kappa shape index (κ2) is 8.54. The highest BCUT2D eigenvalue weighted by Gasteiger charge is 2.59. The van der Waals surface area contributed by atoms with Crippen LogP contribution in [0.3, 0.4) is 0 Å². The molecule has 3 rings (SSSR count). The first-order valence-electron chi connectivity index (χ1n) is 9.94. The Morgan fingerprint density at radius 2 is 1.75 bits per heavy atom. The molecule has 3 atom stereocenters. The number of benzene rings is 2. The van der Waals surface area contributed by atoms with Gasteiger partial charge in [0.25, 0.3) is 0 Å². The lowest BCUT2D eigenvalue weighted by molar-refractivity contribution is -0.125. The summed E-state index contributed by atoms with van der Waals surface area (Å²) in [5.41, 5.74) is 1.07. The number of carbonyl (C=O) groups is 1. The Morgan fingerprint density at radius 3 is 2.29 bits per heavy atom. The van der Waals surface area contributed by atoms with Crippen LogP contribution in [0, 0.1) is 22.7 Å². The van der Waals surface area contributed by atoms with Gasteiger partial charge < -0.3 is 0 Å². The molecule has 0 unspecified atom stereocenters. The van der Waals surface area contributed by atoms with Crippen LogP contribution in [-0.2, 0) is 11.3 Å². The summed E-state index contributed by atoms with van der Waals surface area (Å²) < 4.78 is 0. The van der Waals surface area contributed by atoms with Crippen LogP contribution < -0.4 is 0 Å². The largest absolute Gasteiger partial charge is 0.296 e. The number of Topliss-reactive ketones (excluding diaryl/α,β-unsaturated/α-hetero) is 1. The number of hydrogen-bond donors (Lipinski definition) is 0. The van der Waals surface area contributed by atoms with E-state index < -0.39 is 5.41 Å². The Morgan fingerprint density at radius 1 is 1.14 bits per heavy atom. The van der Waals surface area contributed by atoms with Gasteiger partial charge in [-0.1, -0.05) is 80.6 Å². The average Bonchev–Trinajstić information content (AvgIpc) is 2.92. The summed E-state index contributed by atoms with van der Waals surface area (Å²) in [5, 5.41) is 10.2. The van der Waals surface area contributed by atoms with E-state index in [9.17, 15) is 10.1 Å². The van der Waals surface area contributed by atoms with Crippen molar-refractivity contribution in [1.29, 1.82) is 5.26 Å². The Balaban J connectivity index is 2.15. The molecule has 1 heterocycles. The average molecular weight is 373 g/mol. The number of likely N-dealkylation sites (tertiary alicyclic amines) is 1. The number of nitriles is 1. The van der Waals surface area contributed by atoms with Crippen LogP contribution >= 0.6 is 0 Å². The molecule has 1 aliphatic rings. The standard InChI is InChI=1S/C25H28N2O/c1-4-15-25(18-26)23(21-13-9-6-10-14-21)27(17-20-11-7-5-8-12-20)22(24(25)28)16-19(2)3/h4-14,19,22-23H,1,15-17H2,2-3H3/t22-,23+,25+/m0/s1. The Bertz CT molecular complexity index is 853. The van der Waals surface area contributed by atoms with E-state index in [-0.39, 0.29) is 17.9 Å². The number of allylic oxidation sites excluding steroid dienone is 1. The third-order valence-corrected chi connectivity index (χ3v) is 5.62. The fourth-order valence-corrected chi connectivity index (χ4v) is 4.44. The molecule has 1 aliphatic heterocycles. The van der Waals surface area contributed by atoms with Crippen LogP contribution in [-0.4, -0.2) is 16.7 Å². The first-order chi connectivity index (χ1) is 13.5. The molecule has 0 amide bonds. The van der Waals surface area contributed by atoms with Crippen molar-refractivity contribution < 1.29 is 4.79 Å². The Labute approximate surface area is 168 Å². The summed E-state index contributed by atoms with van der Waals surface area (Å²) in [6.07, 6.45) is 2.83. The summed E-state index contributed by atoms with van der Waals surface area (Å²) in [7, 11) is 0. The van der Waals surface area contributed by atoms with Crippen LogP contribution in [0.1, 0.15) is 43.9 Å². The van der Waals surface area contributed by atoms with Gasteiger partial charge in [-0.2, -0.15) is 5.26 Å². The summed E-state index contributed by atoms with van der Waals surface area (Å²) in [6.45, 7) is 8.76. The van der Waals surface area contributed by atoms with Gasteiger partial charge in [0.05, 0.1) is 18.2 Å². The molecule has 28 heavy (non-hydrogen) atoms. The molecule has 0 radical (unpaired) electrons. The number of rotatable bonds is 7. The minimum Gasteiger partial charge on any atom is -0.296 e. The lowest BCUT2D eigenvalue weighted by Crippen LogP contribution is -2.35. The van der Waals surface area contributed by atoms with E-state index in [1.807, 2.05) is 48.5 Å². The van der Waals surface area contributed by atoms with Crippen molar-refractivity contribution in [3.05, 3.63) is 84.4 Å². The molecular formula is C25H28N2O. The SMILES string of the molecule is C=CC[C@]1(C#N)C(=O)[C@H](CC(C)C)N(Cc2ccccc2)[C@@H]1c1ccccc1. The van der Waals surface area contributed by atoms with E-state index in [0.29, 0.717) is 18.9 Å². The topological polar surface area (TPSA) is 44.1 Å². The highest BCUT2D eigenvalue weighted by molar-refractivity contribution is 5.95. The number of carbonyl (C=O) groups excluding carboxylic acids is 1. The second-order valence-electron chi connectivity index (χ2n) is 8.06. The zero-order valence-corrected chi connectivity index (χ0v) is 16.7. The number of nitrogens with zero attached hydrogens (tertiary/aromatic N) is 2. The van der Waals surface area contributed by atoms with Gasteiger partial charge in [-0.15, -0.1) is 6.58 Å². The lowest BCUT2D eigenvalue weighted by Gasteiger charge is -2.33. The molecule has 144 valence electrons. The zero-order chi connectivity index (χ0) is 20.1. The normalized spacial score (nSPS) is 25.0. The maximum Gasteiger partial charge on any atom is 0.172 e. The second-order valence-corrected chi connectivity index (χ2v) is 8.06. The van der Waals surface area contributed by atoms with Gasteiger partial charge in [0.15, 0.2) is 5.78 Å². The van der Waals surface area contributed by atoms with Crippen molar-refractivity contribution in [2.75, 3.05) is 0 Å². The van der Waals surface area contributed by atoms with Crippen molar-refractivity contribution >= 4 is 5.78 Å². The molecule has 0 aliphatic carbocycles. The van der Waals surface area contributed by atoms with Gasteiger partial charge in [0.1, 0.15) is 5.41 Å². The van der Waals surface area contributed by atoms with Crippen molar-refractivity contribution in [3.8, 4) is 6.07 Å². The summed E-state index contributed by atoms with van der Waals surface area (Å²) in [5.74, 6) is 0.398. The van der Waals surface area contributed by atoms with Crippen LogP contribution in [0.15, 0.2) is 73.3 Å². The van der Waals surface area contributed by atoms with Gasteiger partial charge in [-0.3, -0.25) is 9.69 Å². The molecule has 3 heteroatoms. The van der Waals surface area contributed by atoms with Crippen molar-refractivity contribution in [2.24, 2.45) is 11.3 Å². The first-order valence-corrected chi connectivity index (χ1v) is 9.94. The molecule has 2 aromatic carbocycles. The molecule has 1 fully saturated rings. The predicted molar refractivity (Wildman–Crippen MR) is 112 cm³/mol. The van der Waals surface area contributed by atoms with Crippen LogP contribution in [0.5, 0.6) is 0 Å². The van der Waals surface area contributed by atoms with Gasteiger partial charge in [-0.25, -0.2) is 0 Å². The van der Waals surface area contributed by atoms with E-state index in [1.165, 1.54) is 0 Å². The molecular weight excluding hydrogens is 344 g/mol. The van der Waals surface area contributed by atoms with Gasteiger partial charge in [0.2, 0.25) is 0 Å². The minimum atomic E-state index is -1.10. The highest BCUT2D eigenvalue weighted by Crippen LogP contribution is 2.51. The van der Waals surface area contributed by atoms with Gasteiger partial charge in [0, 0.05) is 6.54 Å².